The van der Waals surface area contributed by atoms with Crippen molar-refractivity contribution in [1.29, 1.82) is 0 Å². The van der Waals surface area contributed by atoms with E-state index < -0.39 is 11.3 Å². The molecule has 0 bridgehead atoms. The summed E-state index contributed by atoms with van der Waals surface area (Å²) in [5, 5.41) is -3.27. The van der Waals surface area contributed by atoms with E-state index in [2.05, 4.69) is 0 Å². The quantitative estimate of drug-likeness (QED) is 0.663. The van der Waals surface area contributed by atoms with Gasteiger partial charge in [0, 0.05) is 0 Å². The summed E-state index contributed by atoms with van der Waals surface area (Å²) in [4.78, 5) is 0. The van der Waals surface area contributed by atoms with Crippen molar-refractivity contribution in [3.8, 4) is 5.75 Å². The van der Waals surface area contributed by atoms with Crippen LogP contribution in [0.2, 0.25) is 0 Å². The van der Waals surface area contributed by atoms with Gasteiger partial charge in [0.2, 0.25) is 0 Å². The van der Waals surface area contributed by atoms with Crippen LogP contribution in [0.15, 0.2) is 54.6 Å². The van der Waals surface area contributed by atoms with Crippen LogP contribution in [-0.4, -0.2) is 12.5 Å². The lowest BCUT2D eigenvalue weighted by molar-refractivity contribution is 0.0599. The van der Waals surface area contributed by atoms with Gasteiger partial charge >= 0.3 is 5.38 Å². The summed E-state index contributed by atoms with van der Waals surface area (Å²) in [6, 6.07) is 16.2. The summed E-state index contributed by atoms with van der Waals surface area (Å²) in [6.07, 6.45) is 0.840. The van der Waals surface area contributed by atoms with Gasteiger partial charge in [-0.1, -0.05) is 42.5 Å². The number of hydrogen-bond donors (Lipinski definition) is 0. The Morgan fingerprint density at radius 1 is 1.05 bits per heavy atom. The Morgan fingerprint density at radius 2 is 1.67 bits per heavy atom. The maximum Gasteiger partial charge on any atom is 0.328 e. The molecule has 112 valence electrons. The molecule has 0 spiro atoms. The molecule has 21 heavy (non-hydrogen) atoms. The number of benzene rings is 2. The van der Waals surface area contributed by atoms with Crippen LogP contribution in [0.3, 0.4) is 0 Å². The zero-order valence-electron chi connectivity index (χ0n) is 11.7. The molecule has 0 saturated heterocycles. The van der Waals surface area contributed by atoms with E-state index in [-0.39, 0.29) is 6.42 Å². The van der Waals surface area contributed by atoms with E-state index in [4.69, 9.17) is 16.3 Å². The van der Waals surface area contributed by atoms with Crippen molar-refractivity contribution >= 4 is 11.6 Å². The molecule has 0 unspecified atom stereocenters. The molecule has 1 atom stereocenters. The Balaban J connectivity index is 2.14. The van der Waals surface area contributed by atoms with Crippen molar-refractivity contribution < 1.29 is 13.5 Å². The number of ether oxygens (including phenoxy) is 1. The van der Waals surface area contributed by atoms with Gasteiger partial charge < -0.3 is 4.74 Å². The maximum absolute atomic E-state index is 13.7. The molecule has 0 saturated carbocycles. The molecule has 0 N–H and O–H groups in total. The fourth-order valence-corrected chi connectivity index (χ4v) is 2.55. The van der Waals surface area contributed by atoms with Gasteiger partial charge in [-0.25, -0.2) is 0 Å². The first kappa shape index (κ1) is 15.8. The highest BCUT2D eigenvalue weighted by molar-refractivity contribution is 6.22. The molecular weight excluding hydrogens is 294 g/mol. The van der Waals surface area contributed by atoms with Crippen molar-refractivity contribution in [2.24, 2.45) is 0 Å². The molecular formula is C17H17ClF2O. The highest BCUT2D eigenvalue weighted by atomic mass is 35.5. The number of halogens is 3. The highest BCUT2D eigenvalue weighted by Crippen LogP contribution is 2.40. The van der Waals surface area contributed by atoms with Gasteiger partial charge in [0.25, 0.3) is 0 Å². The SMILES string of the molecule is COc1ccc([C@@H](CCc2ccccc2)C(F)(F)Cl)cc1. The van der Waals surface area contributed by atoms with Gasteiger partial charge in [0.1, 0.15) is 5.75 Å². The van der Waals surface area contributed by atoms with Crippen LogP contribution in [0.1, 0.15) is 23.5 Å². The third kappa shape index (κ3) is 4.43. The minimum atomic E-state index is -3.27. The van der Waals surface area contributed by atoms with Gasteiger partial charge in [0.15, 0.2) is 0 Å². The smallest absolute Gasteiger partial charge is 0.328 e. The lowest BCUT2D eigenvalue weighted by atomic mass is 9.92. The molecule has 0 fully saturated rings. The second-order valence-electron chi connectivity index (χ2n) is 4.89. The molecule has 0 aromatic heterocycles. The van der Waals surface area contributed by atoms with Gasteiger partial charge in [0.05, 0.1) is 13.0 Å². The summed E-state index contributed by atoms with van der Waals surface area (Å²) in [6.45, 7) is 0. The Morgan fingerprint density at radius 3 is 2.19 bits per heavy atom. The van der Waals surface area contributed by atoms with E-state index in [1.165, 1.54) is 7.11 Å². The van der Waals surface area contributed by atoms with E-state index in [1.807, 2.05) is 30.3 Å². The van der Waals surface area contributed by atoms with E-state index in [9.17, 15) is 8.78 Å². The zero-order chi connectivity index (χ0) is 15.3. The van der Waals surface area contributed by atoms with Crippen LogP contribution in [0, 0.1) is 0 Å². The molecule has 0 radical (unpaired) electrons. The van der Waals surface area contributed by atoms with Crippen LogP contribution in [0.4, 0.5) is 8.78 Å². The van der Waals surface area contributed by atoms with E-state index >= 15 is 0 Å². The van der Waals surface area contributed by atoms with Crippen molar-refractivity contribution in [3.05, 3.63) is 65.7 Å². The Bertz CT molecular complexity index is 549. The third-order valence-corrected chi connectivity index (χ3v) is 3.74. The van der Waals surface area contributed by atoms with Gasteiger partial charge in [-0.3, -0.25) is 0 Å². The Hall–Kier alpha value is -1.61. The lowest BCUT2D eigenvalue weighted by Gasteiger charge is -2.22. The molecule has 0 aliphatic rings. The predicted octanol–water partition coefficient (Wildman–Crippen LogP) is 5.24. The largest absolute Gasteiger partial charge is 0.497 e. The predicted molar refractivity (Wildman–Crippen MR) is 81.3 cm³/mol. The fraction of sp³-hybridized carbons (Fsp3) is 0.294. The molecule has 2 aromatic carbocycles. The summed E-state index contributed by atoms with van der Waals surface area (Å²) < 4.78 is 32.4. The fourth-order valence-electron chi connectivity index (χ4n) is 2.31. The Labute approximate surface area is 128 Å². The summed E-state index contributed by atoms with van der Waals surface area (Å²) in [7, 11) is 1.54. The third-order valence-electron chi connectivity index (χ3n) is 3.48. The standard InChI is InChI=1S/C17H17ClF2O/c1-21-15-10-8-14(9-11-15)16(17(18,19)20)12-7-13-5-3-2-4-6-13/h2-6,8-11,16H,7,12H2,1H3/t16-/m1/s1. The van der Waals surface area contributed by atoms with Gasteiger partial charge in [-0.2, -0.15) is 8.78 Å². The normalized spacial score (nSPS) is 13.0. The highest BCUT2D eigenvalue weighted by Gasteiger charge is 2.37. The number of hydrogen-bond acceptors (Lipinski definition) is 1. The van der Waals surface area contributed by atoms with Gasteiger partial charge in [-0.15, -0.1) is 0 Å². The average molecular weight is 311 g/mol. The average Bonchev–Trinajstić information content (AvgIpc) is 2.48. The molecule has 0 aliphatic carbocycles. The minimum absolute atomic E-state index is 0.285. The number of alkyl halides is 3. The van der Waals surface area contributed by atoms with Crippen molar-refractivity contribution in [2.75, 3.05) is 7.11 Å². The molecule has 2 rings (SSSR count). The first-order chi connectivity index (χ1) is 10.0. The van der Waals surface area contributed by atoms with Crippen LogP contribution < -0.4 is 4.74 Å². The molecule has 0 amide bonds. The van der Waals surface area contributed by atoms with Crippen LogP contribution in [0.5, 0.6) is 5.75 Å². The number of aryl methyl sites for hydroxylation is 1. The number of methoxy groups -OCH3 is 1. The van der Waals surface area contributed by atoms with Gasteiger partial charge in [-0.05, 0) is 47.7 Å². The van der Waals surface area contributed by atoms with Crippen LogP contribution >= 0.6 is 11.6 Å². The second kappa shape index (κ2) is 6.90. The summed E-state index contributed by atoms with van der Waals surface area (Å²) in [5.41, 5.74) is 1.55. The van der Waals surface area contributed by atoms with Crippen LogP contribution in [-0.2, 0) is 6.42 Å². The summed E-state index contributed by atoms with van der Waals surface area (Å²) in [5.74, 6) is -0.385. The first-order valence-electron chi connectivity index (χ1n) is 6.75. The topological polar surface area (TPSA) is 9.23 Å². The maximum atomic E-state index is 13.7. The monoisotopic (exact) mass is 310 g/mol. The molecule has 4 heteroatoms. The van der Waals surface area contributed by atoms with Crippen molar-refractivity contribution in [3.63, 3.8) is 0 Å². The molecule has 2 aromatic rings. The lowest BCUT2D eigenvalue weighted by Crippen LogP contribution is -2.20. The zero-order valence-corrected chi connectivity index (χ0v) is 12.5. The minimum Gasteiger partial charge on any atom is -0.497 e. The van der Waals surface area contributed by atoms with Crippen LogP contribution in [0.25, 0.3) is 0 Å². The summed E-state index contributed by atoms with van der Waals surface area (Å²) >= 11 is 5.31. The van der Waals surface area contributed by atoms with Crippen molar-refractivity contribution in [1.82, 2.24) is 0 Å². The molecule has 0 aliphatic heterocycles. The van der Waals surface area contributed by atoms with E-state index in [0.717, 1.165) is 5.56 Å². The Kier molecular flexibility index (Phi) is 5.18. The van der Waals surface area contributed by atoms with E-state index in [1.54, 1.807) is 24.3 Å². The first-order valence-corrected chi connectivity index (χ1v) is 7.13. The molecule has 1 nitrogen and oxygen atoms in total. The molecule has 0 heterocycles. The van der Waals surface area contributed by atoms with Crippen molar-refractivity contribution in [2.45, 2.75) is 24.1 Å². The van der Waals surface area contributed by atoms with E-state index in [0.29, 0.717) is 17.7 Å². The number of rotatable bonds is 6. The second-order valence-corrected chi connectivity index (χ2v) is 5.40.